The Bertz CT molecular complexity index is 1170. The van der Waals surface area contributed by atoms with Crippen LogP contribution in [0.1, 0.15) is 66.5 Å². The average molecular weight is 525 g/mol. The van der Waals surface area contributed by atoms with E-state index >= 15 is 0 Å². The van der Waals surface area contributed by atoms with Gasteiger partial charge in [-0.05, 0) is 51.2 Å². The number of aryl methyl sites for hydroxylation is 2. The molecule has 2 amide bonds. The van der Waals surface area contributed by atoms with Gasteiger partial charge in [0.15, 0.2) is 0 Å². The summed E-state index contributed by atoms with van der Waals surface area (Å²) in [5, 5.41) is 16.0. The summed E-state index contributed by atoms with van der Waals surface area (Å²) in [4.78, 5) is 29.2. The number of anilines is 1. The minimum absolute atomic E-state index is 0.00899. The van der Waals surface area contributed by atoms with Crippen LogP contribution in [0.3, 0.4) is 0 Å². The van der Waals surface area contributed by atoms with Crippen LogP contribution in [0.15, 0.2) is 22.9 Å². The number of nitrogens with zero attached hydrogens (tertiary/aromatic N) is 3. The molecule has 0 saturated heterocycles. The van der Waals surface area contributed by atoms with Crippen LogP contribution >= 0.6 is 23.2 Å². The van der Waals surface area contributed by atoms with Crippen molar-refractivity contribution in [3.05, 3.63) is 47.0 Å². The Kier molecular flexibility index (Phi) is 8.85. The molecule has 3 rings (SSSR count). The van der Waals surface area contributed by atoms with E-state index in [-0.39, 0.29) is 29.3 Å². The van der Waals surface area contributed by atoms with Crippen LogP contribution in [0.5, 0.6) is 0 Å². The van der Waals surface area contributed by atoms with Crippen LogP contribution in [0.25, 0.3) is 11.1 Å². The van der Waals surface area contributed by atoms with Gasteiger partial charge in [-0.3, -0.25) is 14.7 Å². The maximum atomic E-state index is 14.8. The highest BCUT2D eigenvalue weighted by Gasteiger charge is 2.26. The second-order valence-electron chi connectivity index (χ2n) is 8.45. The van der Waals surface area contributed by atoms with Gasteiger partial charge in [-0.2, -0.15) is 9.49 Å². The molecule has 0 radical (unpaired) electrons. The zero-order valence-electron chi connectivity index (χ0n) is 19.8. The van der Waals surface area contributed by atoms with E-state index in [1.165, 1.54) is 18.4 Å². The van der Waals surface area contributed by atoms with Gasteiger partial charge in [0, 0.05) is 16.8 Å². The number of H-pyrrole nitrogens is 1. The predicted octanol–water partition coefficient (Wildman–Crippen LogP) is 5.05. The first-order valence-electron chi connectivity index (χ1n) is 11.1. The summed E-state index contributed by atoms with van der Waals surface area (Å²) in [5.74, 6) is -1.87. The third-order valence-corrected chi connectivity index (χ3v) is 5.86. The molecule has 0 fully saturated rings. The van der Waals surface area contributed by atoms with Crippen LogP contribution in [-0.4, -0.2) is 43.0 Å². The molecule has 0 aliphatic carbocycles. The summed E-state index contributed by atoms with van der Waals surface area (Å²) in [5.41, 5.74) is 2.94. The minimum Gasteiger partial charge on any atom is -0.364 e. The van der Waals surface area contributed by atoms with E-state index in [1.807, 2.05) is 13.8 Å². The molecule has 3 aromatic heterocycles. The Labute approximate surface area is 212 Å². The normalized spacial score (nSPS) is 12.3. The quantitative estimate of drug-likeness (QED) is 0.251. The third kappa shape index (κ3) is 6.58. The third-order valence-electron chi connectivity index (χ3n) is 5.42. The Balaban J connectivity index is 1.77. The Hall–Kier alpha value is -2.98. The number of halogens is 3. The van der Waals surface area contributed by atoms with Gasteiger partial charge in [-0.1, -0.05) is 19.0 Å². The first-order valence-corrected chi connectivity index (χ1v) is 12.0. The second kappa shape index (κ2) is 11.6. The molecule has 9 nitrogen and oxygen atoms in total. The summed E-state index contributed by atoms with van der Waals surface area (Å²) in [7, 11) is 0. The van der Waals surface area contributed by atoms with Gasteiger partial charge in [0.2, 0.25) is 11.9 Å². The number of aromatic amines is 1. The summed E-state index contributed by atoms with van der Waals surface area (Å²) < 4.78 is 19.8. The van der Waals surface area contributed by atoms with E-state index in [2.05, 4.69) is 31.0 Å². The Morgan fingerprint density at radius 1 is 1.20 bits per heavy atom. The molecule has 3 aromatic rings. The van der Waals surface area contributed by atoms with E-state index in [4.69, 9.17) is 27.7 Å². The van der Waals surface area contributed by atoms with E-state index in [1.54, 1.807) is 13.8 Å². The maximum absolute atomic E-state index is 14.8. The second-order valence-corrected chi connectivity index (χ2v) is 9.73. The topological polar surface area (TPSA) is 126 Å². The van der Waals surface area contributed by atoms with Crippen LogP contribution < -0.4 is 10.6 Å². The number of carbonyl (C=O) groups excluding carboxylic acids is 2. The van der Waals surface area contributed by atoms with E-state index in [9.17, 15) is 14.0 Å². The number of carbonyl (C=O) groups is 2. The molecule has 0 spiro atoms. The monoisotopic (exact) mass is 524 g/mol. The molecule has 0 aliphatic heterocycles. The van der Waals surface area contributed by atoms with Gasteiger partial charge >= 0.3 is 0 Å². The molecule has 35 heavy (non-hydrogen) atoms. The summed E-state index contributed by atoms with van der Waals surface area (Å²) in [6.07, 6.45) is 2.39. The lowest BCUT2D eigenvalue weighted by Gasteiger charge is -2.19. The van der Waals surface area contributed by atoms with Crippen molar-refractivity contribution in [2.75, 3.05) is 5.32 Å². The number of alkyl halides is 2. The molecular weight excluding hydrogens is 498 g/mol. The van der Waals surface area contributed by atoms with Crippen molar-refractivity contribution in [1.82, 2.24) is 25.7 Å². The summed E-state index contributed by atoms with van der Waals surface area (Å²) in [6.45, 7) is 7.28. The van der Waals surface area contributed by atoms with Crippen LogP contribution in [-0.2, 0) is 4.79 Å². The lowest BCUT2D eigenvalue weighted by Crippen LogP contribution is -2.44. The number of pyridine rings is 1. The number of hydrogen-bond acceptors (Lipinski definition) is 6. The van der Waals surface area contributed by atoms with Gasteiger partial charge in [0.1, 0.15) is 28.5 Å². The van der Waals surface area contributed by atoms with Crippen molar-refractivity contribution >= 4 is 40.8 Å². The fourth-order valence-corrected chi connectivity index (χ4v) is 3.97. The molecule has 188 valence electrons. The zero-order valence-corrected chi connectivity index (χ0v) is 21.3. The largest absolute Gasteiger partial charge is 0.364 e. The van der Waals surface area contributed by atoms with Gasteiger partial charge < -0.3 is 15.2 Å². The van der Waals surface area contributed by atoms with E-state index in [0.717, 1.165) is 0 Å². The SMILES string of the molecule is Cc1n[nH]c(C)c1-c1ccc(NC(=O)[C@H](CCCC(Cl)Cl)NC(=O)c2conc2C(C)C)nc1F. The molecule has 1 atom stereocenters. The molecule has 0 unspecified atom stereocenters. The summed E-state index contributed by atoms with van der Waals surface area (Å²) >= 11 is 11.6. The Morgan fingerprint density at radius 2 is 1.94 bits per heavy atom. The predicted molar refractivity (Wildman–Crippen MR) is 131 cm³/mol. The lowest BCUT2D eigenvalue weighted by molar-refractivity contribution is -0.118. The first-order chi connectivity index (χ1) is 16.6. The molecule has 0 aliphatic rings. The average Bonchev–Trinajstić information content (AvgIpc) is 3.40. The van der Waals surface area contributed by atoms with Crippen LogP contribution in [0, 0.1) is 19.8 Å². The van der Waals surface area contributed by atoms with Gasteiger partial charge in [-0.15, -0.1) is 23.2 Å². The molecule has 0 aromatic carbocycles. The fourth-order valence-electron chi connectivity index (χ4n) is 3.66. The lowest BCUT2D eigenvalue weighted by atomic mass is 10.0. The Morgan fingerprint density at radius 3 is 2.54 bits per heavy atom. The van der Waals surface area contributed by atoms with Gasteiger partial charge in [0.25, 0.3) is 5.91 Å². The standard InChI is InChI=1S/C23H27Cl2FN6O3/c1-11(2)20-15(10-35-32-20)22(33)27-16(6-5-7-17(24)25)23(34)29-18-9-8-14(21(26)28-18)19-12(3)30-31-13(19)4/h8-11,16-17H,5-7H2,1-4H3,(H,27,33)(H,30,31)(H,28,29,34)/t16-/m0/s1. The van der Waals surface area contributed by atoms with Gasteiger partial charge in [-0.25, -0.2) is 4.98 Å². The molecule has 0 saturated carbocycles. The van der Waals surface area contributed by atoms with Crippen molar-refractivity contribution in [3.63, 3.8) is 0 Å². The van der Waals surface area contributed by atoms with Crippen LogP contribution in [0.4, 0.5) is 10.2 Å². The number of rotatable bonds is 10. The van der Waals surface area contributed by atoms with Crippen molar-refractivity contribution in [1.29, 1.82) is 0 Å². The van der Waals surface area contributed by atoms with Gasteiger partial charge in [0.05, 0.1) is 11.4 Å². The highest BCUT2D eigenvalue weighted by molar-refractivity contribution is 6.44. The molecule has 3 heterocycles. The number of aromatic nitrogens is 4. The van der Waals surface area contributed by atoms with E-state index < -0.39 is 28.6 Å². The molecule has 12 heteroatoms. The number of nitrogens with one attached hydrogen (secondary N) is 3. The van der Waals surface area contributed by atoms with Crippen molar-refractivity contribution < 1.29 is 18.5 Å². The number of hydrogen-bond donors (Lipinski definition) is 3. The number of amides is 2. The highest BCUT2D eigenvalue weighted by Crippen LogP contribution is 2.28. The molecular formula is C23H27Cl2FN6O3. The minimum atomic E-state index is -0.951. The highest BCUT2D eigenvalue weighted by atomic mass is 35.5. The van der Waals surface area contributed by atoms with E-state index in [0.29, 0.717) is 35.5 Å². The van der Waals surface area contributed by atoms with Crippen LogP contribution in [0.2, 0.25) is 0 Å². The summed E-state index contributed by atoms with van der Waals surface area (Å²) in [6, 6.07) is 2.06. The molecule has 0 bridgehead atoms. The fraction of sp³-hybridized carbons (Fsp3) is 0.435. The van der Waals surface area contributed by atoms with Crippen molar-refractivity contribution in [2.45, 2.75) is 63.8 Å². The molecule has 3 N–H and O–H groups in total. The maximum Gasteiger partial charge on any atom is 0.257 e. The first kappa shape index (κ1) is 26.6. The van der Waals surface area contributed by atoms with Crippen molar-refractivity contribution in [3.8, 4) is 11.1 Å². The smallest absolute Gasteiger partial charge is 0.257 e. The van der Waals surface area contributed by atoms with Crippen molar-refractivity contribution in [2.24, 2.45) is 0 Å². The zero-order chi connectivity index (χ0) is 25.7.